The molecule has 5 rings (SSSR count). The van der Waals surface area contributed by atoms with E-state index >= 15 is 0 Å². The van der Waals surface area contributed by atoms with E-state index in [0.29, 0.717) is 0 Å². The zero-order chi connectivity index (χ0) is 20.2. The summed E-state index contributed by atoms with van der Waals surface area (Å²) in [5, 5.41) is 0. The van der Waals surface area contributed by atoms with Gasteiger partial charge in [0.1, 0.15) is 0 Å². The molecule has 0 nitrogen and oxygen atoms in total. The molecule has 4 aliphatic carbocycles. The summed E-state index contributed by atoms with van der Waals surface area (Å²) >= 11 is 0. The van der Waals surface area contributed by atoms with Gasteiger partial charge in [-0.25, -0.2) is 0 Å². The largest absolute Gasteiger partial charge is 0.0825 e. The van der Waals surface area contributed by atoms with Gasteiger partial charge in [-0.05, 0) is 120 Å². The lowest BCUT2D eigenvalue weighted by Gasteiger charge is -2.24. The third-order valence-corrected chi connectivity index (χ3v) is 17.5. The van der Waals surface area contributed by atoms with Crippen LogP contribution in [0.25, 0.3) is 0 Å². The van der Waals surface area contributed by atoms with Crippen molar-refractivity contribution in [1.29, 1.82) is 0 Å². The monoisotopic (exact) mass is 444 g/mol. The van der Waals surface area contributed by atoms with Gasteiger partial charge in [0, 0.05) is 15.8 Å². The Kier molecular flexibility index (Phi) is 7.88. The molecule has 0 aliphatic heterocycles. The van der Waals surface area contributed by atoms with Crippen LogP contribution in [0.3, 0.4) is 0 Å². The molecule has 0 amide bonds. The Morgan fingerprint density at radius 1 is 0.500 bits per heavy atom. The minimum atomic E-state index is -0.219. The van der Waals surface area contributed by atoms with E-state index in [2.05, 4.69) is 24.3 Å². The Bertz CT molecular complexity index is 561. The maximum absolute atomic E-state index is 2.71. The molecule has 0 unspecified atom stereocenters. The Morgan fingerprint density at radius 3 is 1.10 bits per heavy atom. The minimum absolute atomic E-state index is 0.219. The van der Waals surface area contributed by atoms with E-state index in [0.717, 1.165) is 22.6 Å². The van der Waals surface area contributed by atoms with Gasteiger partial charge in [-0.15, -0.1) is 0 Å². The second-order valence-electron chi connectivity index (χ2n) is 11.2. The molecule has 30 heavy (non-hydrogen) atoms. The van der Waals surface area contributed by atoms with Crippen LogP contribution in [0.5, 0.6) is 0 Å². The first-order valence-corrected chi connectivity index (χ1v) is 17.4. The van der Waals surface area contributed by atoms with Crippen LogP contribution in [-0.4, -0.2) is 22.6 Å². The summed E-state index contributed by atoms with van der Waals surface area (Å²) in [7, 11) is -0.438. The molecular weight excluding hydrogens is 398 g/mol. The van der Waals surface area contributed by atoms with Crippen LogP contribution in [0.15, 0.2) is 24.3 Å². The predicted molar refractivity (Wildman–Crippen MR) is 140 cm³/mol. The summed E-state index contributed by atoms with van der Waals surface area (Å²) in [6, 6.07) is 10.2. The van der Waals surface area contributed by atoms with Crippen LogP contribution in [0.2, 0.25) is 0 Å². The van der Waals surface area contributed by atoms with E-state index in [9.17, 15) is 0 Å². The Hall–Kier alpha value is 0.0800. The summed E-state index contributed by atoms with van der Waals surface area (Å²) in [4.78, 5) is 0. The molecule has 4 saturated carbocycles. The van der Waals surface area contributed by atoms with Crippen LogP contribution in [-0.2, 0) is 12.3 Å². The predicted octanol–water partition coefficient (Wildman–Crippen LogP) is 8.89. The molecule has 0 bridgehead atoms. The van der Waals surface area contributed by atoms with Crippen LogP contribution in [0.1, 0.15) is 114 Å². The van der Waals surface area contributed by atoms with Gasteiger partial charge < -0.3 is 0 Å². The van der Waals surface area contributed by atoms with E-state index in [1.807, 2.05) is 0 Å². The Balaban J connectivity index is 1.29. The first kappa shape index (κ1) is 21.9. The van der Waals surface area contributed by atoms with Gasteiger partial charge in [-0.3, -0.25) is 0 Å². The van der Waals surface area contributed by atoms with Crippen molar-refractivity contribution >= 4 is 15.8 Å². The number of benzene rings is 1. The maximum Gasteiger partial charge on any atom is 0.0825 e. The first-order chi connectivity index (χ1) is 14.9. The quantitative estimate of drug-likeness (QED) is 0.351. The molecule has 4 fully saturated rings. The third kappa shape index (κ3) is 5.34. The van der Waals surface area contributed by atoms with Crippen LogP contribution in [0, 0.1) is 0 Å². The molecule has 0 heterocycles. The fourth-order valence-electron chi connectivity index (χ4n) is 7.75. The second kappa shape index (κ2) is 10.8. The highest BCUT2D eigenvalue weighted by Gasteiger charge is 2.40. The number of hydrogen-bond donors (Lipinski definition) is 0. The molecule has 0 saturated heterocycles. The summed E-state index contributed by atoms with van der Waals surface area (Å²) < 4.78 is 0. The average Bonchev–Trinajstić information content (AvgIpc) is 3.60. The van der Waals surface area contributed by atoms with Crippen molar-refractivity contribution in [3.8, 4) is 0 Å². The van der Waals surface area contributed by atoms with E-state index in [1.54, 1.807) is 62.5 Å². The molecule has 0 spiro atoms. The molecule has 0 aromatic heterocycles. The minimum Gasteiger partial charge on any atom is -0.0614 e. The summed E-state index contributed by atoms with van der Waals surface area (Å²) in [5.41, 5.74) is 8.02. The van der Waals surface area contributed by atoms with Crippen molar-refractivity contribution in [1.82, 2.24) is 0 Å². The normalized spacial score (nSPS) is 24.9. The smallest absolute Gasteiger partial charge is 0.0614 e. The van der Waals surface area contributed by atoms with E-state index < -0.39 is 0 Å². The van der Waals surface area contributed by atoms with Gasteiger partial charge in [0.25, 0.3) is 0 Å². The average molecular weight is 445 g/mol. The highest BCUT2D eigenvalue weighted by molar-refractivity contribution is 7.58. The number of hydrogen-bond acceptors (Lipinski definition) is 0. The lowest BCUT2D eigenvalue weighted by Crippen LogP contribution is -2.12. The van der Waals surface area contributed by atoms with Crippen LogP contribution < -0.4 is 0 Å². The summed E-state index contributed by atoms with van der Waals surface area (Å²) in [6.45, 7) is 0. The molecule has 0 N–H and O–H groups in total. The third-order valence-electron chi connectivity index (χ3n) is 9.33. The van der Waals surface area contributed by atoms with Gasteiger partial charge in [0.2, 0.25) is 0 Å². The van der Waals surface area contributed by atoms with E-state index in [1.165, 1.54) is 63.7 Å². The van der Waals surface area contributed by atoms with Gasteiger partial charge in [0.05, 0.1) is 35.0 Å². The SMILES string of the molecule is c1cc(C[PH+](C2CCCC2)C2CCCC2)cc(C[PH+](C2CCCC2)C2CCCC2)c1. The molecule has 0 radical (unpaired) electrons. The molecule has 1 aromatic rings. The topological polar surface area (TPSA) is 0 Å². The first-order valence-electron chi connectivity index (χ1n) is 13.7. The highest BCUT2D eigenvalue weighted by atomic mass is 31.1. The number of rotatable bonds is 8. The lowest BCUT2D eigenvalue weighted by molar-refractivity contribution is 0.821. The lowest BCUT2D eigenvalue weighted by atomic mass is 10.2. The highest BCUT2D eigenvalue weighted by Crippen LogP contribution is 2.60. The van der Waals surface area contributed by atoms with Gasteiger partial charge in [0.15, 0.2) is 0 Å². The van der Waals surface area contributed by atoms with Gasteiger partial charge in [-0.1, -0.05) is 18.2 Å². The van der Waals surface area contributed by atoms with Crippen molar-refractivity contribution in [2.24, 2.45) is 0 Å². The van der Waals surface area contributed by atoms with Crippen molar-refractivity contribution in [3.05, 3.63) is 35.4 Å². The van der Waals surface area contributed by atoms with Crippen LogP contribution in [0.4, 0.5) is 0 Å². The van der Waals surface area contributed by atoms with Crippen molar-refractivity contribution in [2.75, 3.05) is 0 Å². The Labute approximate surface area is 188 Å². The fraction of sp³-hybridized carbons (Fsp3) is 0.786. The second-order valence-corrected chi connectivity index (χ2v) is 17.5. The van der Waals surface area contributed by atoms with Gasteiger partial charge in [-0.2, -0.15) is 0 Å². The standard InChI is InChI=1S/C28H44P2/c1-2-13-25(12-1)29(26-14-3-4-15-26)21-23-10-9-11-24(20-23)22-30(27-16-5-6-17-27)28-18-7-8-19-28/h9-11,20,25-28H,1-8,12-19,21-22H2/p+2. The van der Waals surface area contributed by atoms with Crippen molar-refractivity contribution in [2.45, 2.75) is 138 Å². The van der Waals surface area contributed by atoms with Crippen molar-refractivity contribution < 1.29 is 0 Å². The molecule has 2 heteroatoms. The summed E-state index contributed by atoms with van der Waals surface area (Å²) in [6.07, 6.45) is 27.8. The molecule has 0 atom stereocenters. The molecule has 166 valence electrons. The Morgan fingerprint density at radius 2 is 0.800 bits per heavy atom. The van der Waals surface area contributed by atoms with Gasteiger partial charge >= 0.3 is 0 Å². The molecular formula is C28H46P2+2. The fourth-order valence-corrected chi connectivity index (χ4v) is 16.2. The maximum atomic E-state index is 2.71. The zero-order valence-corrected chi connectivity index (χ0v) is 21.3. The van der Waals surface area contributed by atoms with Crippen LogP contribution >= 0.6 is 15.8 Å². The summed E-state index contributed by atoms with van der Waals surface area (Å²) in [5.74, 6) is 0. The molecule has 4 aliphatic rings. The molecule has 1 aromatic carbocycles. The zero-order valence-electron chi connectivity index (χ0n) is 19.3. The van der Waals surface area contributed by atoms with E-state index in [-0.39, 0.29) is 15.8 Å². The van der Waals surface area contributed by atoms with E-state index in [4.69, 9.17) is 0 Å². The van der Waals surface area contributed by atoms with Crippen molar-refractivity contribution in [3.63, 3.8) is 0 Å².